The number of halogens is 1. The van der Waals surface area contributed by atoms with Gasteiger partial charge in [-0.3, -0.25) is 5.10 Å². The summed E-state index contributed by atoms with van der Waals surface area (Å²) in [7, 11) is 0. The highest BCUT2D eigenvalue weighted by Crippen LogP contribution is 2.21. The quantitative estimate of drug-likeness (QED) is 0.751. The van der Waals surface area contributed by atoms with E-state index >= 15 is 0 Å². The number of aromatic nitrogens is 4. The van der Waals surface area contributed by atoms with Crippen LogP contribution in [0.4, 0.5) is 0 Å². The Morgan fingerprint density at radius 1 is 1.50 bits per heavy atom. The molecule has 0 amide bonds. The van der Waals surface area contributed by atoms with Crippen molar-refractivity contribution in [1.29, 1.82) is 0 Å². The van der Waals surface area contributed by atoms with Crippen LogP contribution in [0.1, 0.15) is 5.01 Å². The summed E-state index contributed by atoms with van der Waals surface area (Å²) in [5.74, 6) is 0.405. The van der Waals surface area contributed by atoms with Gasteiger partial charge >= 0.3 is 0 Å². The summed E-state index contributed by atoms with van der Waals surface area (Å²) in [4.78, 5) is 0. The van der Waals surface area contributed by atoms with E-state index in [0.29, 0.717) is 5.88 Å². The zero-order valence-electron chi connectivity index (χ0n) is 5.99. The summed E-state index contributed by atoms with van der Waals surface area (Å²) in [6.45, 7) is 0. The normalized spacial score (nSPS) is 10.4. The Morgan fingerprint density at radius 3 is 3.00 bits per heavy atom. The molecule has 2 aromatic rings. The number of nitrogens with zero attached hydrogens (tertiary/aromatic N) is 3. The Balaban J connectivity index is 2.35. The lowest BCUT2D eigenvalue weighted by Crippen LogP contribution is -1.76. The van der Waals surface area contributed by atoms with Crippen LogP contribution >= 0.6 is 22.9 Å². The Bertz CT molecular complexity index is 355. The van der Waals surface area contributed by atoms with E-state index in [0.717, 1.165) is 15.7 Å². The molecule has 0 aliphatic carbocycles. The number of hydrogen-bond acceptors (Lipinski definition) is 4. The molecular formula is C6H5ClN4S. The van der Waals surface area contributed by atoms with E-state index in [1.807, 2.05) is 6.07 Å². The van der Waals surface area contributed by atoms with Crippen molar-refractivity contribution in [1.82, 2.24) is 20.4 Å². The molecule has 0 aromatic carbocycles. The lowest BCUT2D eigenvalue weighted by Gasteiger charge is -1.81. The molecule has 12 heavy (non-hydrogen) atoms. The molecule has 0 aliphatic rings. The van der Waals surface area contributed by atoms with Gasteiger partial charge in [-0.2, -0.15) is 5.10 Å². The first-order valence-corrected chi connectivity index (χ1v) is 4.64. The average Bonchev–Trinajstić information content (AvgIpc) is 2.75. The van der Waals surface area contributed by atoms with E-state index in [1.165, 1.54) is 11.3 Å². The third-order valence-electron chi connectivity index (χ3n) is 1.30. The maximum atomic E-state index is 5.58. The SMILES string of the molecule is ClCc1nnc(-c2cc[nH]n2)s1. The highest BCUT2D eigenvalue weighted by Gasteiger charge is 2.06. The summed E-state index contributed by atoms with van der Waals surface area (Å²) >= 11 is 7.04. The third-order valence-corrected chi connectivity index (χ3v) is 2.66. The van der Waals surface area contributed by atoms with Crippen LogP contribution in [-0.4, -0.2) is 20.4 Å². The van der Waals surface area contributed by atoms with Gasteiger partial charge in [-0.05, 0) is 6.07 Å². The lowest BCUT2D eigenvalue weighted by molar-refractivity contribution is 1.03. The first kappa shape index (κ1) is 7.70. The molecule has 62 valence electrons. The van der Waals surface area contributed by atoms with Gasteiger partial charge in [0.2, 0.25) is 0 Å². The Labute approximate surface area is 77.6 Å². The van der Waals surface area contributed by atoms with Crippen molar-refractivity contribution in [3.05, 3.63) is 17.3 Å². The van der Waals surface area contributed by atoms with E-state index in [9.17, 15) is 0 Å². The van der Waals surface area contributed by atoms with Crippen LogP contribution in [0.5, 0.6) is 0 Å². The predicted octanol–water partition coefficient (Wildman–Crippen LogP) is 1.67. The van der Waals surface area contributed by atoms with Gasteiger partial charge in [0.1, 0.15) is 10.7 Å². The van der Waals surface area contributed by atoms with Gasteiger partial charge in [0.25, 0.3) is 0 Å². The summed E-state index contributed by atoms with van der Waals surface area (Å²) in [6.07, 6.45) is 1.75. The van der Waals surface area contributed by atoms with E-state index in [1.54, 1.807) is 6.20 Å². The molecule has 4 nitrogen and oxygen atoms in total. The summed E-state index contributed by atoms with van der Waals surface area (Å²) in [5, 5.41) is 16.1. The zero-order valence-corrected chi connectivity index (χ0v) is 7.56. The van der Waals surface area contributed by atoms with Crippen LogP contribution in [0.2, 0.25) is 0 Å². The van der Waals surface area contributed by atoms with Crippen LogP contribution < -0.4 is 0 Å². The van der Waals surface area contributed by atoms with Crippen LogP contribution in [0, 0.1) is 0 Å². The van der Waals surface area contributed by atoms with Crippen LogP contribution in [-0.2, 0) is 5.88 Å². The zero-order chi connectivity index (χ0) is 8.39. The van der Waals surface area contributed by atoms with Crippen molar-refractivity contribution in [2.24, 2.45) is 0 Å². The minimum atomic E-state index is 0.405. The molecule has 1 N–H and O–H groups in total. The van der Waals surface area contributed by atoms with Crippen molar-refractivity contribution in [3.63, 3.8) is 0 Å². The summed E-state index contributed by atoms with van der Waals surface area (Å²) in [6, 6.07) is 1.85. The second kappa shape index (κ2) is 3.20. The first-order valence-electron chi connectivity index (χ1n) is 3.28. The maximum Gasteiger partial charge on any atom is 0.168 e. The van der Waals surface area contributed by atoms with E-state index in [-0.39, 0.29) is 0 Å². The van der Waals surface area contributed by atoms with Gasteiger partial charge in [0.05, 0.1) is 5.88 Å². The smallest absolute Gasteiger partial charge is 0.168 e. The third kappa shape index (κ3) is 1.33. The lowest BCUT2D eigenvalue weighted by atomic mass is 10.5. The monoisotopic (exact) mass is 200 g/mol. The molecule has 0 saturated carbocycles. The number of aromatic amines is 1. The topological polar surface area (TPSA) is 54.5 Å². The minimum Gasteiger partial charge on any atom is -0.285 e. The highest BCUT2D eigenvalue weighted by molar-refractivity contribution is 7.14. The summed E-state index contributed by atoms with van der Waals surface area (Å²) < 4.78 is 0. The van der Waals surface area contributed by atoms with Crippen molar-refractivity contribution < 1.29 is 0 Å². The molecule has 2 heterocycles. The molecule has 0 spiro atoms. The van der Waals surface area contributed by atoms with Gasteiger partial charge in [0.15, 0.2) is 5.01 Å². The van der Waals surface area contributed by atoms with Gasteiger partial charge in [-0.1, -0.05) is 11.3 Å². The van der Waals surface area contributed by atoms with Crippen molar-refractivity contribution in [3.8, 4) is 10.7 Å². The first-order chi connectivity index (χ1) is 5.90. The molecule has 0 bridgehead atoms. The van der Waals surface area contributed by atoms with E-state index < -0.39 is 0 Å². The molecule has 0 atom stereocenters. The number of rotatable bonds is 2. The predicted molar refractivity (Wildman–Crippen MR) is 47.0 cm³/mol. The summed E-state index contributed by atoms with van der Waals surface area (Å²) in [5.41, 5.74) is 0.809. The molecule has 0 saturated heterocycles. The standard InChI is InChI=1S/C6H5ClN4S/c7-3-5-10-11-6(12-5)4-1-2-8-9-4/h1-2H,3H2,(H,8,9). The van der Waals surface area contributed by atoms with Crippen LogP contribution in [0.3, 0.4) is 0 Å². The van der Waals surface area contributed by atoms with Gasteiger partial charge < -0.3 is 0 Å². The van der Waals surface area contributed by atoms with Gasteiger partial charge in [-0.25, -0.2) is 0 Å². The molecule has 6 heteroatoms. The van der Waals surface area contributed by atoms with Crippen molar-refractivity contribution >= 4 is 22.9 Å². The van der Waals surface area contributed by atoms with E-state index in [2.05, 4.69) is 20.4 Å². The van der Waals surface area contributed by atoms with Crippen LogP contribution in [0.15, 0.2) is 12.3 Å². The second-order valence-electron chi connectivity index (χ2n) is 2.09. The fourth-order valence-electron chi connectivity index (χ4n) is 0.791. The largest absolute Gasteiger partial charge is 0.285 e. The number of alkyl halides is 1. The molecule has 2 aromatic heterocycles. The van der Waals surface area contributed by atoms with Gasteiger partial charge in [0, 0.05) is 6.20 Å². The molecule has 0 fully saturated rings. The van der Waals surface area contributed by atoms with E-state index in [4.69, 9.17) is 11.6 Å². The number of nitrogens with one attached hydrogen (secondary N) is 1. The number of H-pyrrole nitrogens is 1. The fourth-order valence-corrected chi connectivity index (χ4v) is 1.67. The second-order valence-corrected chi connectivity index (χ2v) is 3.42. The molecule has 2 rings (SSSR count). The molecule has 0 unspecified atom stereocenters. The Morgan fingerprint density at radius 2 is 2.42 bits per heavy atom. The fraction of sp³-hybridized carbons (Fsp3) is 0.167. The highest BCUT2D eigenvalue weighted by atomic mass is 35.5. The van der Waals surface area contributed by atoms with Gasteiger partial charge in [-0.15, -0.1) is 21.8 Å². The average molecular weight is 201 g/mol. The van der Waals surface area contributed by atoms with Crippen molar-refractivity contribution in [2.75, 3.05) is 0 Å². The minimum absolute atomic E-state index is 0.405. The van der Waals surface area contributed by atoms with Crippen molar-refractivity contribution in [2.45, 2.75) is 5.88 Å². The Hall–Kier alpha value is -0.940. The Kier molecular flexibility index (Phi) is 2.05. The maximum absolute atomic E-state index is 5.58. The number of hydrogen-bond donors (Lipinski definition) is 1. The molecule has 0 radical (unpaired) electrons. The van der Waals surface area contributed by atoms with Crippen LogP contribution in [0.25, 0.3) is 10.7 Å². The molecule has 0 aliphatic heterocycles. The molecular weight excluding hydrogens is 196 g/mol.